The number of fused-ring (bicyclic) bond motifs is 4. The minimum Gasteiger partial charge on any atom is -0.281 e. The van der Waals surface area contributed by atoms with Gasteiger partial charge in [0.15, 0.2) is 0 Å². The molecule has 0 aliphatic heterocycles. The maximum Gasteiger partial charge on any atom is 0.267 e. The molecule has 12 aromatic carbocycles. The van der Waals surface area contributed by atoms with Crippen LogP contribution in [0.5, 0.6) is 0 Å². The number of hydrogen-bond acceptors (Lipinski definition) is 11. The highest BCUT2D eigenvalue weighted by atomic mass is 16.1. The van der Waals surface area contributed by atoms with E-state index >= 15 is 4.79 Å². The van der Waals surface area contributed by atoms with Gasteiger partial charge in [-0.1, -0.05) is 194 Å². The molecule has 388 valence electrons. The average molecular weight is 1060 g/mol. The van der Waals surface area contributed by atoms with Crippen LogP contribution in [-0.2, 0) is 0 Å². The fourth-order valence-corrected chi connectivity index (χ4v) is 10.5. The Morgan fingerprint density at radius 1 is 0.207 bits per heavy atom. The second-order valence-electron chi connectivity index (χ2n) is 19.7. The second-order valence-corrected chi connectivity index (χ2v) is 19.7. The summed E-state index contributed by atoms with van der Waals surface area (Å²) in [5.74, 6) is -0.289. The molecular weight excluding hydrogens is 1010 g/mol. The summed E-state index contributed by atoms with van der Waals surface area (Å²) in [6.45, 7) is 0. The van der Waals surface area contributed by atoms with Crippen LogP contribution < -0.4 is 19.6 Å². The normalized spacial score (nSPS) is 11.2. The van der Waals surface area contributed by atoms with E-state index in [0.29, 0.717) is 0 Å². The molecule has 0 N–H and O–H groups in total. The Bertz CT molecular complexity index is 4070. The third-order valence-electron chi connectivity index (χ3n) is 14.5. The van der Waals surface area contributed by atoms with Crippen LogP contribution in [0.2, 0.25) is 0 Å². The number of aromatic nitrogens is 6. The Labute approximate surface area is 473 Å². The molecule has 0 atom stereocenters. The molecule has 0 spiro atoms. The van der Waals surface area contributed by atoms with Crippen molar-refractivity contribution in [3.8, 4) is 0 Å². The number of hydrogen-bond donors (Lipinski definition) is 0. The van der Waals surface area contributed by atoms with E-state index in [2.05, 4.69) is 97.1 Å². The molecule has 0 aliphatic carbocycles. The van der Waals surface area contributed by atoms with Gasteiger partial charge < -0.3 is 0 Å². The van der Waals surface area contributed by atoms with Crippen LogP contribution in [0.3, 0.4) is 0 Å². The Kier molecular flexibility index (Phi) is 12.8. The van der Waals surface area contributed by atoms with Gasteiger partial charge in [0.1, 0.15) is 0 Å². The minimum absolute atomic E-state index is 0.190. The number of ketones is 1. The van der Waals surface area contributed by atoms with Crippen molar-refractivity contribution in [2.45, 2.75) is 0 Å². The van der Waals surface area contributed by atoms with Crippen molar-refractivity contribution in [1.29, 1.82) is 0 Å². The maximum atomic E-state index is 16.4. The summed E-state index contributed by atoms with van der Waals surface area (Å²) in [5.41, 5.74) is 6.12. The molecule has 11 heteroatoms. The van der Waals surface area contributed by atoms with E-state index in [1.807, 2.05) is 214 Å². The van der Waals surface area contributed by atoms with Gasteiger partial charge in [-0.15, -0.1) is 0 Å². The lowest BCUT2D eigenvalue weighted by atomic mass is 10.1. The van der Waals surface area contributed by atoms with Gasteiger partial charge in [0, 0.05) is 45.5 Å². The van der Waals surface area contributed by atoms with Crippen LogP contribution in [0, 0.1) is 0 Å². The first-order valence-corrected chi connectivity index (χ1v) is 27.0. The summed E-state index contributed by atoms with van der Waals surface area (Å²) in [4.78, 5) is 55.8. The molecule has 2 aromatic heterocycles. The number of benzene rings is 12. The standard InChI is InChI=1S/C71H48N10O/c82-65(66-72-68(78(57-29-5-1-6-30-57)61-41-37-49-21-13-17-25-53(49)45-61)76-69(73-66)79(58-31-7-2-8-32-58)62-42-38-50-22-14-18-26-54(50)46-62)67-74-70(80(59-33-9-3-10-34-59)63-43-39-51-23-15-19-27-55(51)47-63)77-71(75-67)81(60-35-11-4-12-36-60)64-44-40-52-24-16-20-28-56(52)48-64/h1-48H. The number of carbonyl (C=O) groups excluding carboxylic acids is 1. The fourth-order valence-electron chi connectivity index (χ4n) is 10.5. The number of anilines is 12. The van der Waals surface area contributed by atoms with Crippen molar-refractivity contribution in [3.63, 3.8) is 0 Å². The molecule has 2 heterocycles. The van der Waals surface area contributed by atoms with E-state index in [1.165, 1.54) is 0 Å². The van der Waals surface area contributed by atoms with Crippen LogP contribution in [0.15, 0.2) is 291 Å². The van der Waals surface area contributed by atoms with Crippen LogP contribution in [0.1, 0.15) is 16.4 Å². The number of rotatable bonds is 14. The molecule has 0 fully saturated rings. The van der Waals surface area contributed by atoms with Gasteiger partial charge in [-0.2, -0.15) is 29.9 Å². The molecule has 0 amide bonds. The summed E-state index contributed by atoms with van der Waals surface area (Å²) >= 11 is 0. The van der Waals surface area contributed by atoms with Crippen molar-refractivity contribution >= 4 is 118 Å². The zero-order valence-corrected chi connectivity index (χ0v) is 44.1. The van der Waals surface area contributed by atoms with Crippen molar-refractivity contribution in [1.82, 2.24) is 29.9 Å². The monoisotopic (exact) mass is 1060 g/mol. The highest BCUT2D eigenvalue weighted by Gasteiger charge is 2.30. The van der Waals surface area contributed by atoms with Crippen molar-refractivity contribution in [3.05, 3.63) is 303 Å². The van der Waals surface area contributed by atoms with Crippen molar-refractivity contribution < 1.29 is 4.79 Å². The smallest absolute Gasteiger partial charge is 0.267 e. The Hall–Kier alpha value is -11.4. The van der Waals surface area contributed by atoms with Gasteiger partial charge in [0.25, 0.3) is 5.78 Å². The molecule has 0 unspecified atom stereocenters. The molecule has 0 radical (unpaired) electrons. The molecule has 0 saturated heterocycles. The largest absolute Gasteiger partial charge is 0.281 e. The Morgan fingerprint density at radius 2 is 0.415 bits per heavy atom. The third-order valence-corrected chi connectivity index (χ3v) is 14.5. The van der Waals surface area contributed by atoms with E-state index in [9.17, 15) is 0 Å². The zero-order valence-electron chi connectivity index (χ0n) is 44.1. The molecule has 14 rings (SSSR count). The lowest BCUT2D eigenvalue weighted by Gasteiger charge is -2.28. The summed E-state index contributed by atoms with van der Waals surface area (Å²) in [6, 6.07) is 97.4. The SMILES string of the molecule is O=C(c1nc(N(c2ccccc2)c2ccc3ccccc3c2)nc(N(c2ccccc2)c2ccc3ccccc3c2)n1)c1nc(N(c2ccccc2)c2ccc3ccccc3c2)nc(N(c2ccccc2)c2ccc3ccccc3c2)n1. The molecule has 82 heavy (non-hydrogen) atoms. The van der Waals surface area contributed by atoms with Crippen molar-refractivity contribution in [2.75, 3.05) is 19.6 Å². The van der Waals surface area contributed by atoms with E-state index in [1.54, 1.807) is 0 Å². The van der Waals surface area contributed by atoms with Crippen LogP contribution in [0.25, 0.3) is 43.1 Å². The molecular formula is C71H48N10O. The van der Waals surface area contributed by atoms with Crippen LogP contribution in [-0.4, -0.2) is 35.7 Å². The lowest BCUT2D eigenvalue weighted by molar-refractivity contribution is 0.101. The van der Waals surface area contributed by atoms with Gasteiger partial charge in [0.2, 0.25) is 35.4 Å². The first kappa shape index (κ1) is 48.9. The van der Waals surface area contributed by atoms with E-state index < -0.39 is 5.78 Å². The average Bonchev–Trinajstić information content (AvgIpc) is 3.72. The number of nitrogens with zero attached hydrogens (tertiary/aromatic N) is 10. The molecule has 14 aromatic rings. The van der Waals surface area contributed by atoms with Gasteiger partial charge >= 0.3 is 0 Å². The van der Waals surface area contributed by atoms with Gasteiger partial charge in [-0.25, -0.2) is 0 Å². The van der Waals surface area contributed by atoms with E-state index in [0.717, 1.165) is 88.6 Å². The van der Waals surface area contributed by atoms with E-state index in [4.69, 9.17) is 29.9 Å². The maximum absolute atomic E-state index is 16.4. The van der Waals surface area contributed by atoms with Crippen LogP contribution >= 0.6 is 0 Å². The quantitative estimate of drug-likeness (QED) is 0.0972. The van der Waals surface area contributed by atoms with Crippen molar-refractivity contribution in [2.24, 2.45) is 0 Å². The summed E-state index contributed by atoms with van der Waals surface area (Å²) in [7, 11) is 0. The lowest BCUT2D eigenvalue weighted by Crippen LogP contribution is -2.24. The first-order valence-electron chi connectivity index (χ1n) is 27.0. The highest BCUT2D eigenvalue weighted by Crippen LogP contribution is 2.41. The first-order chi connectivity index (χ1) is 40.5. The predicted molar refractivity (Wildman–Crippen MR) is 332 cm³/mol. The van der Waals surface area contributed by atoms with E-state index in [-0.39, 0.29) is 35.4 Å². The Balaban J connectivity index is 1.03. The highest BCUT2D eigenvalue weighted by molar-refractivity contribution is 6.05. The van der Waals surface area contributed by atoms with Gasteiger partial charge in [-0.05, 0) is 140 Å². The number of carbonyl (C=O) groups is 1. The second kappa shape index (κ2) is 21.4. The Morgan fingerprint density at radius 3 is 0.646 bits per heavy atom. The molecule has 0 saturated carbocycles. The third kappa shape index (κ3) is 9.60. The minimum atomic E-state index is -0.661. The molecule has 0 bridgehead atoms. The topological polar surface area (TPSA) is 107 Å². The predicted octanol–water partition coefficient (Wildman–Crippen LogP) is 17.8. The summed E-state index contributed by atoms with van der Waals surface area (Å²) in [5, 5.41) is 8.35. The van der Waals surface area contributed by atoms with Crippen LogP contribution in [0.4, 0.5) is 69.3 Å². The fraction of sp³-hybridized carbons (Fsp3) is 0. The van der Waals surface area contributed by atoms with Gasteiger partial charge in [-0.3, -0.25) is 24.4 Å². The number of para-hydroxylation sites is 4. The zero-order chi connectivity index (χ0) is 54.8. The van der Waals surface area contributed by atoms with Gasteiger partial charge in [0.05, 0.1) is 0 Å². The summed E-state index contributed by atoms with van der Waals surface area (Å²) < 4.78 is 0. The molecule has 0 aliphatic rings. The molecule has 11 nitrogen and oxygen atoms in total. The summed E-state index contributed by atoms with van der Waals surface area (Å²) in [6.07, 6.45) is 0.